The lowest BCUT2D eigenvalue weighted by Crippen LogP contribution is -2.16. The lowest BCUT2D eigenvalue weighted by Gasteiger charge is -2.20. The van der Waals surface area contributed by atoms with E-state index in [1.54, 1.807) is 30.3 Å². The zero-order valence-electron chi connectivity index (χ0n) is 11.2. The SMILES string of the molecule is CC(C)c1ccc2c(c1)S(=O)(=O)c1ccccc1S2=O. The molecule has 0 saturated carbocycles. The molecule has 0 aliphatic carbocycles. The van der Waals surface area contributed by atoms with E-state index in [1.165, 1.54) is 6.07 Å². The Bertz CT molecular complexity index is 821. The second-order valence-electron chi connectivity index (χ2n) is 5.08. The lowest BCUT2D eigenvalue weighted by atomic mass is 10.0. The molecule has 0 fully saturated rings. The van der Waals surface area contributed by atoms with Crippen molar-refractivity contribution in [3.63, 3.8) is 0 Å². The second-order valence-corrected chi connectivity index (χ2v) is 8.38. The summed E-state index contributed by atoms with van der Waals surface area (Å²) in [7, 11) is -5.02. The Morgan fingerprint density at radius 2 is 1.60 bits per heavy atom. The lowest BCUT2D eigenvalue weighted by molar-refractivity contribution is 0.587. The van der Waals surface area contributed by atoms with Gasteiger partial charge in [-0.25, -0.2) is 12.6 Å². The van der Waals surface area contributed by atoms with E-state index in [0.29, 0.717) is 9.79 Å². The molecule has 20 heavy (non-hydrogen) atoms. The van der Waals surface area contributed by atoms with Crippen LogP contribution in [0.5, 0.6) is 0 Å². The van der Waals surface area contributed by atoms with Crippen LogP contribution in [0.25, 0.3) is 0 Å². The third-order valence-corrected chi connectivity index (χ3v) is 7.08. The predicted molar refractivity (Wildman–Crippen MR) is 77.1 cm³/mol. The molecule has 1 aliphatic rings. The van der Waals surface area contributed by atoms with Crippen LogP contribution in [0.15, 0.2) is 62.0 Å². The van der Waals surface area contributed by atoms with E-state index in [2.05, 4.69) is 0 Å². The molecule has 2 aromatic rings. The van der Waals surface area contributed by atoms with Crippen molar-refractivity contribution in [2.24, 2.45) is 0 Å². The molecule has 1 heterocycles. The fourth-order valence-corrected chi connectivity index (χ4v) is 6.00. The highest BCUT2D eigenvalue weighted by atomic mass is 32.2. The summed E-state index contributed by atoms with van der Waals surface area (Å²) >= 11 is 0. The van der Waals surface area contributed by atoms with Crippen LogP contribution in [-0.2, 0) is 20.6 Å². The fourth-order valence-electron chi connectivity index (χ4n) is 2.31. The Labute approximate surface area is 121 Å². The van der Waals surface area contributed by atoms with Crippen LogP contribution < -0.4 is 0 Å². The molecule has 1 atom stereocenters. The maximum absolute atomic E-state index is 12.7. The molecular formula is C15H14O3S2. The van der Waals surface area contributed by atoms with Gasteiger partial charge in [0.25, 0.3) is 0 Å². The summed E-state index contributed by atoms with van der Waals surface area (Å²) in [4.78, 5) is 1.10. The summed E-state index contributed by atoms with van der Waals surface area (Å²) in [5, 5.41) is 0. The van der Waals surface area contributed by atoms with Crippen molar-refractivity contribution in [1.29, 1.82) is 0 Å². The van der Waals surface area contributed by atoms with E-state index in [0.717, 1.165) is 5.56 Å². The third-order valence-electron chi connectivity index (χ3n) is 3.46. The second kappa shape index (κ2) is 4.53. The van der Waals surface area contributed by atoms with E-state index in [-0.39, 0.29) is 15.7 Å². The van der Waals surface area contributed by atoms with Gasteiger partial charge in [0.05, 0.1) is 30.4 Å². The quantitative estimate of drug-likeness (QED) is 0.694. The highest BCUT2D eigenvalue weighted by molar-refractivity contribution is 7.95. The number of fused-ring (bicyclic) bond motifs is 2. The molecule has 0 spiro atoms. The number of hydrogen-bond donors (Lipinski definition) is 0. The number of sulfone groups is 1. The van der Waals surface area contributed by atoms with Crippen molar-refractivity contribution in [3.8, 4) is 0 Å². The van der Waals surface area contributed by atoms with Crippen molar-refractivity contribution in [2.75, 3.05) is 0 Å². The Balaban J connectivity index is 2.36. The van der Waals surface area contributed by atoms with E-state index in [9.17, 15) is 12.6 Å². The van der Waals surface area contributed by atoms with Gasteiger partial charge in [0, 0.05) is 0 Å². The Morgan fingerprint density at radius 1 is 0.950 bits per heavy atom. The highest BCUT2D eigenvalue weighted by Gasteiger charge is 2.34. The van der Waals surface area contributed by atoms with E-state index >= 15 is 0 Å². The predicted octanol–water partition coefficient (Wildman–Crippen LogP) is 3.12. The molecule has 1 aliphatic heterocycles. The van der Waals surface area contributed by atoms with Gasteiger partial charge in [-0.1, -0.05) is 32.0 Å². The van der Waals surface area contributed by atoms with Crippen molar-refractivity contribution < 1.29 is 12.6 Å². The minimum atomic E-state index is -3.58. The van der Waals surface area contributed by atoms with E-state index in [1.807, 2.05) is 19.9 Å². The molecule has 0 saturated heterocycles. The smallest absolute Gasteiger partial charge is 0.209 e. The van der Waals surface area contributed by atoms with Gasteiger partial charge in [0.1, 0.15) is 0 Å². The molecule has 0 radical (unpaired) electrons. The largest absolute Gasteiger partial charge is 0.249 e. The van der Waals surface area contributed by atoms with Crippen molar-refractivity contribution in [2.45, 2.75) is 39.3 Å². The molecule has 0 bridgehead atoms. The van der Waals surface area contributed by atoms with Crippen LogP contribution >= 0.6 is 0 Å². The van der Waals surface area contributed by atoms with Crippen LogP contribution in [0, 0.1) is 0 Å². The summed E-state index contributed by atoms with van der Waals surface area (Å²) < 4.78 is 37.9. The molecule has 0 amide bonds. The van der Waals surface area contributed by atoms with E-state index < -0.39 is 20.6 Å². The van der Waals surface area contributed by atoms with Gasteiger partial charge in [-0.05, 0) is 35.7 Å². The average Bonchev–Trinajstić information content (AvgIpc) is 2.44. The number of benzene rings is 2. The first kappa shape index (κ1) is 13.5. The van der Waals surface area contributed by atoms with Crippen LogP contribution in [-0.4, -0.2) is 12.6 Å². The zero-order valence-corrected chi connectivity index (χ0v) is 12.8. The van der Waals surface area contributed by atoms with Gasteiger partial charge < -0.3 is 0 Å². The first-order chi connectivity index (χ1) is 9.43. The third kappa shape index (κ3) is 1.84. The normalized spacial score (nSPS) is 19.4. The summed E-state index contributed by atoms with van der Waals surface area (Å²) in [6, 6.07) is 11.7. The molecular weight excluding hydrogens is 292 g/mol. The summed E-state index contributed by atoms with van der Waals surface area (Å²) in [6.45, 7) is 4.00. The van der Waals surface area contributed by atoms with Crippen molar-refractivity contribution in [1.82, 2.24) is 0 Å². The maximum atomic E-state index is 12.7. The number of rotatable bonds is 1. The summed E-state index contributed by atoms with van der Waals surface area (Å²) in [5.41, 5.74) is 0.934. The molecule has 3 rings (SSSR count). The first-order valence-electron chi connectivity index (χ1n) is 6.33. The molecule has 1 unspecified atom stereocenters. The van der Waals surface area contributed by atoms with Gasteiger partial charge in [-0.3, -0.25) is 0 Å². The van der Waals surface area contributed by atoms with Crippen LogP contribution in [0.2, 0.25) is 0 Å². The van der Waals surface area contributed by atoms with Crippen LogP contribution in [0.1, 0.15) is 25.3 Å². The highest BCUT2D eigenvalue weighted by Crippen LogP contribution is 2.38. The van der Waals surface area contributed by atoms with Gasteiger partial charge in [-0.2, -0.15) is 0 Å². The fraction of sp³-hybridized carbons (Fsp3) is 0.200. The van der Waals surface area contributed by atoms with Gasteiger partial charge in [0.15, 0.2) is 0 Å². The Hall–Kier alpha value is -1.46. The summed E-state index contributed by atoms with van der Waals surface area (Å²) in [6.07, 6.45) is 0. The average molecular weight is 306 g/mol. The Morgan fingerprint density at radius 3 is 2.30 bits per heavy atom. The Kier molecular flexibility index (Phi) is 3.06. The van der Waals surface area contributed by atoms with Crippen LogP contribution in [0.3, 0.4) is 0 Å². The minimum absolute atomic E-state index is 0.159. The molecule has 5 heteroatoms. The molecule has 2 aromatic carbocycles. The van der Waals surface area contributed by atoms with Crippen molar-refractivity contribution >= 4 is 20.6 Å². The molecule has 3 nitrogen and oxygen atoms in total. The summed E-state index contributed by atoms with van der Waals surface area (Å²) in [5.74, 6) is 0.223. The van der Waals surface area contributed by atoms with Gasteiger partial charge in [-0.15, -0.1) is 0 Å². The molecule has 0 N–H and O–H groups in total. The maximum Gasteiger partial charge on any atom is 0.209 e. The minimum Gasteiger partial charge on any atom is -0.249 e. The topological polar surface area (TPSA) is 51.2 Å². The zero-order chi connectivity index (χ0) is 14.5. The molecule has 0 aromatic heterocycles. The van der Waals surface area contributed by atoms with Crippen LogP contribution in [0.4, 0.5) is 0 Å². The van der Waals surface area contributed by atoms with E-state index in [4.69, 9.17) is 0 Å². The van der Waals surface area contributed by atoms with Gasteiger partial charge >= 0.3 is 0 Å². The monoisotopic (exact) mass is 306 g/mol. The standard InChI is InChI=1S/C15H14O3S2/c1-10(2)11-7-8-13-15(9-11)20(17,18)14-6-4-3-5-12(14)19(13)16/h3-10H,1-2H3. The van der Waals surface area contributed by atoms with Gasteiger partial charge in [0.2, 0.25) is 9.84 Å². The first-order valence-corrected chi connectivity index (χ1v) is 8.96. The molecule has 104 valence electrons. The number of hydrogen-bond acceptors (Lipinski definition) is 3. The van der Waals surface area contributed by atoms with Crippen molar-refractivity contribution in [3.05, 3.63) is 48.0 Å².